The van der Waals surface area contributed by atoms with Gasteiger partial charge in [-0.2, -0.15) is 0 Å². The minimum atomic E-state index is -1.28. The van der Waals surface area contributed by atoms with Crippen LogP contribution in [0.15, 0.2) is 42.5 Å². The van der Waals surface area contributed by atoms with Gasteiger partial charge in [0.25, 0.3) is 5.91 Å². The number of likely N-dealkylation sites (N-methyl/N-ethyl adjacent to an activating group) is 1. The van der Waals surface area contributed by atoms with Crippen LogP contribution in [0.2, 0.25) is 0 Å². The van der Waals surface area contributed by atoms with Crippen molar-refractivity contribution in [1.82, 2.24) is 4.90 Å². The van der Waals surface area contributed by atoms with E-state index in [1.807, 2.05) is 36.4 Å². The van der Waals surface area contributed by atoms with Crippen LogP contribution in [-0.2, 0) is 9.59 Å². The van der Waals surface area contributed by atoms with Crippen molar-refractivity contribution in [3.05, 3.63) is 42.5 Å². The van der Waals surface area contributed by atoms with Gasteiger partial charge in [-0.3, -0.25) is 4.79 Å². The highest BCUT2D eigenvalue weighted by Crippen LogP contribution is 2.25. The second-order valence-electron chi connectivity index (χ2n) is 5.58. The van der Waals surface area contributed by atoms with Gasteiger partial charge in [-0.05, 0) is 25.3 Å². The van der Waals surface area contributed by atoms with E-state index in [4.69, 9.17) is 9.84 Å². The second-order valence-corrected chi connectivity index (χ2v) is 5.58. The van der Waals surface area contributed by atoms with E-state index in [-0.39, 0.29) is 12.5 Å². The number of carboxylic acids is 1. The van der Waals surface area contributed by atoms with Gasteiger partial charge < -0.3 is 14.7 Å². The predicted molar refractivity (Wildman–Crippen MR) is 83.9 cm³/mol. The molecule has 0 radical (unpaired) electrons. The number of hydrogen-bond donors (Lipinski definition) is 1. The Hall–Kier alpha value is -2.56. The van der Waals surface area contributed by atoms with Crippen molar-refractivity contribution in [3.63, 3.8) is 0 Å². The van der Waals surface area contributed by atoms with E-state index in [9.17, 15) is 9.59 Å². The number of nitrogens with zero attached hydrogens (tertiary/aromatic N) is 1. The van der Waals surface area contributed by atoms with Crippen molar-refractivity contribution in [1.29, 1.82) is 0 Å². The van der Waals surface area contributed by atoms with E-state index in [0.29, 0.717) is 5.75 Å². The molecule has 5 nitrogen and oxygen atoms in total. The first-order valence-electron chi connectivity index (χ1n) is 6.94. The maximum Gasteiger partial charge on any atom is 0.329 e. The number of carboxylic acid groups (broad SMARTS) is 1. The molecule has 0 fully saturated rings. The molecule has 0 unspecified atom stereocenters. The summed E-state index contributed by atoms with van der Waals surface area (Å²) in [6.07, 6.45) is 0. The van der Waals surface area contributed by atoms with Gasteiger partial charge in [0, 0.05) is 12.4 Å². The summed E-state index contributed by atoms with van der Waals surface area (Å²) in [6.45, 7) is 2.75. The fourth-order valence-corrected chi connectivity index (χ4v) is 2.01. The summed E-state index contributed by atoms with van der Waals surface area (Å²) in [5, 5.41) is 11.1. The van der Waals surface area contributed by atoms with Gasteiger partial charge >= 0.3 is 5.97 Å². The number of fused-ring (bicyclic) bond motifs is 1. The molecular weight excluding hydrogens is 282 g/mol. The second kappa shape index (κ2) is 6.05. The standard InChI is InChI=1S/C17H19NO4/c1-17(2,16(20)21)18(3)15(19)11-22-14-10-6-8-12-7-4-5-9-13(12)14/h4-10H,11H2,1-3H3,(H,20,21). The molecule has 0 heterocycles. The summed E-state index contributed by atoms with van der Waals surface area (Å²) in [4.78, 5) is 24.5. The number of carbonyl (C=O) groups is 2. The lowest BCUT2D eigenvalue weighted by Gasteiger charge is -2.31. The zero-order valence-corrected chi connectivity index (χ0v) is 12.9. The van der Waals surface area contributed by atoms with Crippen molar-refractivity contribution in [3.8, 4) is 5.75 Å². The van der Waals surface area contributed by atoms with Crippen LogP contribution in [-0.4, -0.2) is 41.1 Å². The highest BCUT2D eigenvalue weighted by Gasteiger charge is 2.35. The van der Waals surface area contributed by atoms with Crippen molar-refractivity contribution < 1.29 is 19.4 Å². The van der Waals surface area contributed by atoms with Crippen LogP contribution in [0.3, 0.4) is 0 Å². The summed E-state index contributed by atoms with van der Waals surface area (Å²) in [5.41, 5.74) is -1.28. The average Bonchev–Trinajstić information content (AvgIpc) is 2.51. The Morgan fingerprint density at radius 2 is 1.77 bits per heavy atom. The molecule has 22 heavy (non-hydrogen) atoms. The molecule has 0 atom stereocenters. The third-order valence-electron chi connectivity index (χ3n) is 3.84. The highest BCUT2D eigenvalue weighted by molar-refractivity contribution is 5.89. The smallest absolute Gasteiger partial charge is 0.329 e. The SMILES string of the molecule is CN(C(=O)COc1cccc2ccccc12)C(C)(C)C(=O)O. The van der Waals surface area contributed by atoms with E-state index >= 15 is 0 Å². The van der Waals surface area contributed by atoms with Gasteiger partial charge in [0.1, 0.15) is 11.3 Å². The molecule has 0 saturated heterocycles. The molecule has 0 aliphatic carbocycles. The minimum absolute atomic E-state index is 0.207. The zero-order chi connectivity index (χ0) is 16.3. The topological polar surface area (TPSA) is 66.8 Å². The van der Waals surface area contributed by atoms with Crippen LogP contribution in [0.1, 0.15) is 13.8 Å². The summed E-state index contributed by atoms with van der Waals surface area (Å²) in [7, 11) is 1.46. The Balaban J connectivity index is 2.12. The molecule has 0 saturated carbocycles. The lowest BCUT2D eigenvalue weighted by atomic mass is 10.0. The zero-order valence-electron chi connectivity index (χ0n) is 12.9. The van der Waals surface area contributed by atoms with Crippen molar-refractivity contribution in [2.45, 2.75) is 19.4 Å². The molecule has 0 aliphatic heterocycles. The maximum absolute atomic E-state index is 12.1. The fourth-order valence-electron chi connectivity index (χ4n) is 2.01. The molecule has 2 aromatic carbocycles. The number of carbonyl (C=O) groups excluding carboxylic acids is 1. The quantitative estimate of drug-likeness (QED) is 0.921. The molecule has 116 valence electrons. The molecule has 5 heteroatoms. The van der Waals surface area contributed by atoms with Gasteiger partial charge in [-0.1, -0.05) is 36.4 Å². The summed E-state index contributed by atoms with van der Waals surface area (Å²) >= 11 is 0. The highest BCUT2D eigenvalue weighted by atomic mass is 16.5. The Morgan fingerprint density at radius 3 is 2.45 bits per heavy atom. The van der Waals surface area contributed by atoms with E-state index in [0.717, 1.165) is 10.8 Å². The lowest BCUT2D eigenvalue weighted by molar-refractivity contribution is -0.156. The maximum atomic E-state index is 12.1. The number of hydrogen-bond acceptors (Lipinski definition) is 3. The predicted octanol–water partition coefficient (Wildman–Crippen LogP) is 2.54. The molecule has 0 spiro atoms. The third kappa shape index (κ3) is 3.03. The number of aliphatic carboxylic acids is 1. The first kappa shape index (κ1) is 15.8. The third-order valence-corrected chi connectivity index (χ3v) is 3.84. The number of benzene rings is 2. The fraction of sp³-hybridized carbons (Fsp3) is 0.294. The minimum Gasteiger partial charge on any atom is -0.483 e. The summed E-state index contributed by atoms with van der Waals surface area (Å²) in [6, 6.07) is 13.3. The van der Waals surface area contributed by atoms with Crippen LogP contribution in [0.5, 0.6) is 5.75 Å². The summed E-state index contributed by atoms with van der Waals surface area (Å²) < 4.78 is 5.59. The number of amides is 1. The molecule has 0 aromatic heterocycles. The van der Waals surface area contributed by atoms with Gasteiger partial charge in [-0.15, -0.1) is 0 Å². The van der Waals surface area contributed by atoms with Gasteiger partial charge in [0.05, 0.1) is 0 Å². The molecular formula is C17H19NO4. The normalized spacial score (nSPS) is 11.2. The summed E-state index contributed by atoms with van der Waals surface area (Å²) in [5.74, 6) is -0.846. The average molecular weight is 301 g/mol. The largest absolute Gasteiger partial charge is 0.483 e. The molecule has 2 rings (SSSR count). The van der Waals surface area contributed by atoms with Crippen molar-refractivity contribution >= 4 is 22.6 Å². The van der Waals surface area contributed by atoms with E-state index in [1.54, 1.807) is 6.07 Å². The van der Waals surface area contributed by atoms with Crippen LogP contribution >= 0.6 is 0 Å². The van der Waals surface area contributed by atoms with Gasteiger partial charge in [0.15, 0.2) is 6.61 Å². The molecule has 2 aromatic rings. The van der Waals surface area contributed by atoms with Gasteiger partial charge in [-0.25, -0.2) is 4.79 Å². The monoisotopic (exact) mass is 301 g/mol. The first-order chi connectivity index (χ1) is 10.3. The van der Waals surface area contributed by atoms with E-state index < -0.39 is 11.5 Å². The Morgan fingerprint density at radius 1 is 1.14 bits per heavy atom. The lowest BCUT2D eigenvalue weighted by Crippen LogP contribution is -2.52. The van der Waals surface area contributed by atoms with Crippen LogP contribution in [0, 0.1) is 0 Å². The van der Waals surface area contributed by atoms with Crippen LogP contribution < -0.4 is 4.74 Å². The number of ether oxygens (including phenoxy) is 1. The molecule has 1 amide bonds. The first-order valence-corrected chi connectivity index (χ1v) is 6.94. The van der Waals surface area contributed by atoms with Crippen LogP contribution in [0.4, 0.5) is 0 Å². The molecule has 0 bridgehead atoms. The number of rotatable bonds is 5. The van der Waals surface area contributed by atoms with E-state index in [1.165, 1.54) is 25.8 Å². The Kier molecular flexibility index (Phi) is 4.35. The Labute approximate surface area is 129 Å². The van der Waals surface area contributed by atoms with Gasteiger partial charge in [0.2, 0.25) is 0 Å². The Bertz CT molecular complexity index is 703. The van der Waals surface area contributed by atoms with Crippen molar-refractivity contribution in [2.75, 3.05) is 13.7 Å². The van der Waals surface area contributed by atoms with Crippen LogP contribution in [0.25, 0.3) is 10.8 Å². The van der Waals surface area contributed by atoms with E-state index in [2.05, 4.69) is 0 Å². The molecule has 1 N–H and O–H groups in total. The van der Waals surface area contributed by atoms with Crippen molar-refractivity contribution in [2.24, 2.45) is 0 Å². The molecule has 0 aliphatic rings.